The number of likely N-dealkylation sites (tertiary alicyclic amines) is 1. The first-order valence-electron chi connectivity index (χ1n) is 11.0. The van der Waals surface area contributed by atoms with E-state index in [1.807, 2.05) is 36.4 Å². The van der Waals surface area contributed by atoms with E-state index in [4.69, 9.17) is 9.47 Å². The van der Waals surface area contributed by atoms with E-state index < -0.39 is 0 Å². The van der Waals surface area contributed by atoms with Gasteiger partial charge in [0.05, 0.1) is 14.2 Å². The standard InChI is InChI=1S/C25H32N2O4/c1-30-20-8-7-19(22(28)15-20)17-27-13-10-25(11-14-27)16-21(25)24(29)26-12-9-18-5-3-4-6-23(18)31-2/h3-8,15,21,28H,9-14,16-17H2,1-2H3,(H,26,29)/t21-/m1/s1. The van der Waals surface area contributed by atoms with Gasteiger partial charge in [-0.15, -0.1) is 0 Å². The lowest BCUT2D eigenvalue weighted by molar-refractivity contribution is -0.123. The summed E-state index contributed by atoms with van der Waals surface area (Å²) >= 11 is 0. The van der Waals surface area contributed by atoms with Crippen molar-refractivity contribution in [3.63, 3.8) is 0 Å². The molecule has 1 aliphatic heterocycles. The van der Waals surface area contributed by atoms with Gasteiger partial charge in [0.15, 0.2) is 0 Å². The Morgan fingerprint density at radius 3 is 2.61 bits per heavy atom. The van der Waals surface area contributed by atoms with Crippen LogP contribution < -0.4 is 14.8 Å². The molecular formula is C25H32N2O4. The van der Waals surface area contributed by atoms with Crippen LogP contribution in [-0.2, 0) is 17.8 Å². The van der Waals surface area contributed by atoms with E-state index in [1.54, 1.807) is 20.3 Å². The van der Waals surface area contributed by atoms with Crippen LogP contribution >= 0.6 is 0 Å². The zero-order valence-electron chi connectivity index (χ0n) is 18.4. The molecule has 1 heterocycles. The second-order valence-corrected chi connectivity index (χ2v) is 8.74. The number of hydrogen-bond donors (Lipinski definition) is 2. The van der Waals surface area contributed by atoms with Crippen LogP contribution in [0.3, 0.4) is 0 Å². The van der Waals surface area contributed by atoms with Crippen molar-refractivity contribution in [2.24, 2.45) is 11.3 Å². The molecule has 0 aromatic heterocycles. The van der Waals surface area contributed by atoms with Crippen LogP contribution in [0.2, 0.25) is 0 Å². The number of carbonyl (C=O) groups excluding carboxylic acids is 1. The molecule has 4 rings (SSSR count). The number of benzene rings is 2. The summed E-state index contributed by atoms with van der Waals surface area (Å²) in [5, 5.41) is 13.3. The van der Waals surface area contributed by atoms with Crippen LogP contribution in [0, 0.1) is 11.3 Å². The lowest BCUT2D eigenvalue weighted by atomic mass is 9.90. The van der Waals surface area contributed by atoms with Crippen LogP contribution in [0.4, 0.5) is 0 Å². The summed E-state index contributed by atoms with van der Waals surface area (Å²) in [5.74, 6) is 2.14. The van der Waals surface area contributed by atoms with Crippen molar-refractivity contribution < 1.29 is 19.4 Å². The molecule has 1 saturated carbocycles. The van der Waals surface area contributed by atoms with Gasteiger partial charge in [0.2, 0.25) is 5.91 Å². The average molecular weight is 425 g/mol. The summed E-state index contributed by atoms with van der Waals surface area (Å²) in [4.78, 5) is 15.1. The first-order chi connectivity index (χ1) is 15.0. The molecule has 1 aliphatic carbocycles. The summed E-state index contributed by atoms with van der Waals surface area (Å²) in [5.41, 5.74) is 2.21. The zero-order chi connectivity index (χ0) is 21.8. The van der Waals surface area contributed by atoms with Crippen LogP contribution in [0.1, 0.15) is 30.4 Å². The maximum atomic E-state index is 12.7. The number of amides is 1. The van der Waals surface area contributed by atoms with Gasteiger partial charge < -0.3 is 19.9 Å². The normalized spacial score (nSPS) is 19.7. The van der Waals surface area contributed by atoms with Crippen molar-refractivity contribution in [3.05, 3.63) is 53.6 Å². The zero-order valence-corrected chi connectivity index (χ0v) is 18.4. The number of aromatic hydroxyl groups is 1. The van der Waals surface area contributed by atoms with Crippen molar-refractivity contribution in [1.29, 1.82) is 0 Å². The van der Waals surface area contributed by atoms with Crippen LogP contribution in [0.25, 0.3) is 0 Å². The SMILES string of the molecule is COc1ccc(CN2CCC3(CC2)C[C@@H]3C(=O)NCCc2ccccc2OC)c(O)c1. The molecule has 2 N–H and O–H groups in total. The quantitative estimate of drug-likeness (QED) is 0.680. The average Bonchev–Trinajstić information content (AvgIpc) is 3.50. The van der Waals surface area contributed by atoms with Crippen molar-refractivity contribution in [2.75, 3.05) is 33.9 Å². The molecule has 2 aromatic rings. The van der Waals surface area contributed by atoms with Crippen LogP contribution in [-0.4, -0.2) is 49.8 Å². The third kappa shape index (κ3) is 4.79. The van der Waals surface area contributed by atoms with Gasteiger partial charge in [-0.25, -0.2) is 0 Å². The Morgan fingerprint density at radius 1 is 1.13 bits per heavy atom. The molecule has 6 nitrogen and oxygen atoms in total. The number of nitrogens with zero attached hydrogens (tertiary/aromatic N) is 1. The number of hydrogen-bond acceptors (Lipinski definition) is 5. The van der Waals surface area contributed by atoms with Gasteiger partial charge in [-0.1, -0.05) is 24.3 Å². The van der Waals surface area contributed by atoms with Gasteiger partial charge in [-0.05, 0) is 61.9 Å². The first kappa shape index (κ1) is 21.5. The number of piperidine rings is 1. The van der Waals surface area contributed by atoms with E-state index >= 15 is 0 Å². The van der Waals surface area contributed by atoms with Gasteiger partial charge in [-0.2, -0.15) is 0 Å². The highest BCUT2D eigenvalue weighted by molar-refractivity contribution is 5.82. The Balaban J connectivity index is 1.22. The third-order valence-electron chi connectivity index (χ3n) is 6.93. The van der Waals surface area contributed by atoms with Crippen LogP contribution in [0.5, 0.6) is 17.2 Å². The maximum Gasteiger partial charge on any atom is 0.223 e. The highest BCUT2D eigenvalue weighted by Gasteiger charge is 2.58. The van der Waals surface area contributed by atoms with Crippen LogP contribution in [0.15, 0.2) is 42.5 Å². The molecule has 2 aliphatic rings. The lowest BCUT2D eigenvalue weighted by Crippen LogP contribution is -2.37. The monoisotopic (exact) mass is 424 g/mol. The minimum absolute atomic E-state index is 0.140. The molecule has 1 saturated heterocycles. The van der Waals surface area contributed by atoms with Gasteiger partial charge in [0.1, 0.15) is 17.2 Å². The Morgan fingerprint density at radius 2 is 1.90 bits per heavy atom. The van der Waals surface area contributed by atoms with Crippen molar-refractivity contribution in [1.82, 2.24) is 10.2 Å². The van der Waals surface area contributed by atoms with Crippen molar-refractivity contribution in [2.45, 2.75) is 32.2 Å². The molecular weight excluding hydrogens is 392 g/mol. The molecule has 0 bridgehead atoms. The molecule has 1 atom stereocenters. The molecule has 0 unspecified atom stereocenters. The van der Waals surface area contributed by atoms with Gasteiger partial charge in [0, 0.05) is 30.6 Å². The highest BCUT2D eigenvalue weighted by Crippen LogP contribution is 2.59. The van der Waals surface area contributed by atoms with Gasteiger partial charge >= 0.3 is 0 Å². The van der Waals surface area contributed by atoms with E-state index in [9.17, 15) is 9.90 Å². The maximum absolute atomic E-state index is 12.7. The Labute approximate surface area is 184 Å². The number of ether oxygens (including phenoxy) is 2. The summed E-state index contributed by atoms with van der Waals surface area (Å²) in [6, 6.07) is 13.4. The van der Waals surface area contributed by atoms with E-state index in [0.717, 1.165) is 62.2 Å². The van der Waals surface area contributed by atoms with Crippen molar-refractivity contribution in [3.8, 4) is 17.2 Å². The predicted octanol–water partition coefficient (Wildman–Crippen LogP) is 3.37. The Hall–Kier alpha value is -2.73. The number of nitrogens with one attached hydrogen (secondary N) is 1. The van der Waals surface area contributed by atoms with E-state index in [2.05, 4.69) is 10.2 Å². The minimum atomic E-state index is 0.140. The molecule has 0 radical (unpaired) electrons. The Kier molecular flexibility index (Phi) is 6.37. The number of para-hydroxylation sites is 1. The number of methoxy groups -OCH3 is 2. The smallest absolute Gasteiger partial charge is 0.223 e. The Bertz CT molecular complexity index is 921. The summed E-state index contributed by atoms with van der Waals surface area (Å²) in [7, 11) is 3.27. The second-order valence-electron chi connectivity index (χ2n) is 8.74. The molecule has 2 aromatic carbocycles. The van der Waals surface area contributed by atoms with Gasteiger partial charge in [0.25, 0.3) is 0 Å². The second kappa shape index (κ2) is 9.18. The minimum Gasteiger partial charge on any atom is -0.507 e. The molecule has 1 spiro atoms. The third-order valence-corrected chi connectivity index (χ3v) is 6.93. The molecule has 1 amide bonds. The topological polar surface area (TPSA) is 71.0 Å². The number of phenols is 1. The molecule has 166 valence electrons. The molecule has 6 heteroatoms. The van der Waals surface area contributed by atoms with E-state index in [0.29, 0.717) is 12.3 Å². The summed E-state index contributed by atoms with van der Waals surface area (Å²) < 4.78 is 10.5. The first-order valence-corrected chi connectivity index (χ1v) is 11.0. The van der Waals surface area contributed by atoms with E-state index in [-0.39, 0.29) is 23.0 Å². The van der Waals surface area contributed by atoms with Gasteiger partial charge in [-0.3, -0.25) is 9.69 Å². The fourth-order valence-corrected chi connectivity index (χ4v) is 4.83. The number of phenolic OH excluding ortho intramolecular Hbond substituents is 1. The lowest BCUT2D eigenvalue weighted by Gasteiger charge is -2.33. The fraction of sp³-hybridized carbons (Fsp3) is 0.480. The molecule has 2 fully saturated rings. The fourth-order valence-electron chi connectivity index (χ4n) is 4.83. The number of rotatable bonds is 8. The van der Waals surface area contributed by atoms with E-state index in [1.165, 1.54) is 0 Å². The van der Waals surface area contributed by atoms with Crippen molar-refractivity contribution >= 4 is 5.91 Å². The number of carbonyl (C=O) groups is 1. The highest BCUT2D eigenvalue weighted by atomic mass is 16.5. The predicted molar refractivity (Wildman–Crippen MR) is 119 cm³/mol. The molecule has 31 heavy (non-hydrogen) atoms. The summed E-state index contributed by atoms with van der Waals surface area (Å²) in [6.45, 7) is 3.27. The largest absolute Gasteiger partial charge is 0.507 e. The summed E-state index contributed by atoms with van der Waals surface area (Å²) in [6.07, 6.45) is 3.84.